The van der Waals surface area contributed by atoms with Gasteiger partial charge in [0, 0.05) is 24.8 Å². The van der Waals surface area contributed by atoms with E-state index in [0.29, 0.717) is 18.3 Å². The number of rotatable bonds is 6. The first kappa shape index (κ1) is 17.2. The Labute approximate surface area is 151 Å². The van der Waals surface area contributed by atoms with Crippen molar-refractivity contribution in [1.29, 1.82) is 0 Å². The summed E-state index contributed by atoms with van der Waals surface area (Å²) in [5.41, 5.74) is 7.57. The number of benzene rings is 1. The zero-order valence-electron chi connectivity index (χ0n) is 14.5. The van der Waals surface area contributed by atoms with Crippen molar-refractivity contribution in [2.45, 2.75) is 26.9 Å². The molecule has 3 rings (SSSR count). The molecule has 2 aromatic heterocycles. The normalized spacial score (nSPS) is 11.2. The number of aromatic amines is 1. The number of nitrogens with two attached hydrogens (primary N) is 1. The van der Waals surface area contributed by atoms with Gasteiger partial charge < -0.3 is 20.4 Å². The first-order valence-corrected chi connectivity index (χ1v) is 8.51. The zero-order valence-corrected chi connectivity index (χ0v) is 15.4. The molecule has 0 saturated carbocycles. The van der Waals surface area contributed by atoms with Gasteiger partial charge in [0.05, 0.1) is 0 Å². The fourth-order valence-electron chi connectivity index (χ4n) is 2.74. The van der Waals surface area contributed by atoms with Crippen molar-refractivity contribution in [3.05, 3.63) is 35.9 Å². The summed E-state index contributed by atoms with van der Waals surface area (Å²) < 4.78 is 7.97. The standard InChI is InChI=1S/C17H22N6OS/c1-10(2)6-11-7-12-15(21-22-16(12)20-17(18)25)13(8-11)24-9-14-19-4-5-23(14)3/h4-5,7-8,10H,6,9H2,1-3H3,(H4,18,20,21,22,25). The van der Waals surface area contributed by atoms with Gasteiger partial charge in [-0.15, -0.1) is 0 Å². The molecule has 2 heterocycles. The molecule has 25 heavy (non-hydrogen) atoms. The fourth-order valence-corrected chi connectivity index (χ4v) is 2.84. The largest absolute Gasteiger partial charge is 0.483 e. The van der Waals surface area contributed by atoms with Crippen molar-refractivity contribution in [2.24, 2.45) is 18.7 Å². The van der Waals surface area contributed by atoms with Gasteiger partial charge in [0.15, 0.2) is 10.9 Å². The minimum absolute atomic E-state index is 0.179. The molecule has 0 spiro atoms. The Kier molecular flexibility index (Phi) is 4.89. The van der Waals surface area contributed by atoms with Gasteiger partial charge in [0.2, 0.25) is 0 Å². The van der Waals surface area contributed by atoms with Gasteiger partial charge in [-0.05, 0) is 42.3 Å². The fraction of sp³-hybridized carbons (Fsp3) is 0.353. The molecular weight excluding hydrogens is 336 g/mol. The number of aryl methyl sites for hydroxylation is 1. The summed E-state index contributed by atoms with van der Waals surface area (Å²) >= 11 is 4.93. The third-order valence-electron chi connectivity index (χ3n) is 3.86. The Morgan fingerprint density at radius 1 is 1.44 bits per heavy atom. The van der Waals surface area contributed by atoms with E-state index in [2.05, 4.69) is 40.4 Å². The first-order chi connectivity index (χ1) is 11.9. The smallest absolute Gasteiger partial charge is 0.169 e. The SMILES string of the molecule is CC(C)Cc1cc(OCc2nccn2C)c2[nH]nc(NC(N)=S)c2c1. The maximum absolute atomic E-state index is 6.04. The van der Waals surface area contributed by atoms with E-state index in [4.69, 9.17) is 22.7 Å². The van der Waals surface area contributed by atoms with Crippen molar-refractivity contribution in [3.63, 3.8) is 0 Å². The van der Waals surface area contributed by atoms with Crippen LogP contribution in [-0.4, -0.2) is 24.9 Å². The van der Waals surface area contributed by atoms with E-state index in [9.17, 15) is 0 Å². The topological polar surface area (TPSA) is 93.8 Å². The number of hydrogen-bond acceptors (Lipinski definition) is 4. The number of H-pyrrole nitrogens is 1. The summed E-state index contributed by atoms with van der Waals surface area (Å²) in [5.74, 6) is 2.72. The summed E-state index contributed by atoms with van der Waals surface area (Å²) in [6.07, 6.45) is 4.58. The van der Waals surface area contributed by atoms with Gasteiger partial charge >= 0.3 is 0 Å². The molecule has 0 fully saturated rings. The molecule has 0 saturated heterocycles. The van der Waals surface area contributed by atoms with Gasteiger partial charge in [0.1, 0.15) is 23.7 Å². The molecular formula is C17H22N6OS. The molecule has 0 radical (unpaired) electrons. The van der Waals surface area contributed by atoms with Crippen molar-refractivity contribution in [2.75, 3.05) is 5.32 Å². The highest BCUT2D eigenvalue weighted by atomic mass is 32.1. The Morgan fingerprint density at radius 3 is 2.88 bits per heavy atom. The Bertz CT molecular complexity index is 898. The van der Waals surface area contributed by atoms with Crippen LogP contribution in [0.4, 0.5) is 5.82 Å². The van der Waals surface area contributed by atoms with Crippen LogP contribution in [0.25, 0.3) is 10.9 Å². The minimum Gasteiger partial charge on any atom is -0.483 e. The monoisotopic (exact) mass is 358 g/mol. The van der Waals surface area contributed by atoms with Crippen molar-refractivity contribution in [1.82, 2.24) is 19.7 Å². The maximum atomic E-state index is 6.04. The molecule has 8 heteroatoms. The Hall–Kier alpha value is -2.61. The second kappa shape index (κ2) is 7.10. The van der Waals surface area contributed by atoms with E-state index < -0.39 is 0 Å². The molecule has 0 bridgehead atoms. The highest BCUT2D eigenvalue weighted by molar-refractivity contribution is 7.80. The highest BCUT2D eigenvalue weighted by Crippen LogP contribution is 2.32. The molecule has 1 aromatic carbocycles. The van der Waals surface area contributed by atoms with Gasteiger partial charge in [-0.1, -0.05) is 13.8 Å². The minimum atomic E-state index is 0.179. The van der Waals surface area contributed by atoms with E-state index >= 15 is 0 Å². The predicted octanol–water partition coefficient (Wildman–Crippen LogP) is 2.73. The third-order valence-corrected chi connectivity index (χ3v) is 3.96. The van der Waals surface area contributed by atoms with E-state index in [-0.39, 0.29) is 5.11 Å². The van der Waals surface area contributed by atoms with E-state index in [1.54, 1.807) is 6.20 Å². The van der Waals surface area contributed by atoms with Gasteiger partial charge in [-0.2, -0.15) is 5.10 Å². The van der Waals surface area contributed by atoms with Crippen LogP contribution in [0.3, 0.4) is 0 Å². The summed E-state index contributed by atoms with van der Waals surface area (Å²) in [7, 11) is 1.94. The van der Waals surface area contributed by atoms with Crippen LogP contribution in [0.1, 0.15) is 25.2 Å². The second-order valence-corrected chi connectivity index (χ2v) is 6.86. The lowest BCUT2D eigenvalue weighted by Gasteiger charge is -2.11. The quantitative estimate of drug-likeness (QED) is 0.587. The molecule has 0 aliphatic rings. The molecule has 0 amide bonds. The summed E-state index contributed by atoms with van der Waals surface area (Å²) in [6.45, 7) is 4.74. The van der Waals surface area contributed by atoms with Crippen LogP contribution in [0.5, 0.6) is 5.75 Å². The number of nitrogens with one attached hydrogen (secondary N) is 2. The van der Waals surface area contributed by atoms with Crippen molar-refractivity contribution in [3.8, 4) is 5.75 Å². The number of fused-ring (bicyclic) bond motifs is 1. The maximum Gasteiger partial charge on any atom is 0.169 e. The third kappa shape index (κ3) is 3.90. The molecule has 7 nitrogen and oxygen atoms in total. The first-order valence-electron chi connectivity index (χ1n) is 8.10. The Morgan fingerprint density at radius 2 is 2.24 bits per heavy atom. The van der Waals surface area contributed by atoms with Crippen LogP contribution >= 0.6 is 12.2 Å². The number of aromatic nitrogens is 4. The van der Waals surface area contributed by atoms with Crippen LogP contribution in [0.2, 0.25) is 0 Å². The average molecular weight is 358 g/mol. The van der Waals surface area contributed by atoms with E-state index in [0.717, 1.165) is 28.9 Å². The predicted molar refractivity (Wildman–Crippen MR) is 103 cm³/mol. The summed E-state index contributed by atoms with van der Waals surface area (Å²) in [6, 6.07) is 4.14. The summed E-state index contributed by atoms with van der Waals surface area (Å²) in [5, 5.41) is 11.3. The van der Waals surface area contributed by atoms with Gasteiger partial charge in [0.25, 0.3) is 0 Å². The lowest BCUT2D eigenvalue weighted by atomic mass is 10.0. The molecule has 3 aromatic rings. The molecule has 0 aliphatic heterocycles. The molecule has 0 atom stereocenters. The van der Waals surface area contributed by atoms with Crippen molar-refractivity contribution < 1.29 is 4.74 Å². The Balaban J connectivity index is 1.98. The molecule has 132 valence electrons. The van der Waals surface area contributed by atoms with Crippen molar-refractivity contribution >= 4 is 34.1 Å². The zero-order chi connectivity index (χ0) is 18.0. The molecule has 4 N–H and O–H groups in total. The van der Waals surface area contributed by atoms with E-state index in [1.165, 1.54) is 5.56 Å². The lowest BCUT2D eigenvalue weighted by molar-refractivity contribution is 0.294. The van der Waals surface area contributed by atoms with E-state index in [1.807, 2.05) is 23.9 Å². The average Bonchev–Trinajstić information content (AvgIpc) is 3.11. The molecule has 0 aliphatic carbocycles. The lowest BCUT2D eigenvalue weighted by Crippen LogP contribution is -2.19. The number of imidazole rings is 1. The van der Waals surface area contributed by atoms with Crippen LogP contribution in [-0.2, 0) is 20.1 Å². The number of thiocarbonyl (C=S) groups is 1. The van der Waals surface area contributed by atoms with Gasteiger partial charge in [-0.25, -0.2) is 4.98 Å². The number of hydrogen-bond donors (Lipinski definition) is 3. The van der Waals surface area contributed by atoms with Crippen LogP contribution in [0.15, 0.2) is 24.5 Å². The number of anilines is 1. The summed E-state index contributed by atoms with van der Waals surface area (Å²) in [4.78, 5) is 4.29. The number of nitrogens with zero attached hydrogens (tertiary/aromatic N) is 3. The van der Waals surface area contributed by atoms with Crippen LogP contribution in [0, 0.1) is 5.92 Å². The number of ether oxygens (including phenoxy) is 1. The highest BCUT2D eigenvalue weighted by Gasteiger charge is 2.14. The van der Waals surface area contributed by atoms with Gasteiger partial charge in [-0.3, -0.25) is 5.10 Å². The second-order valence-electron chi connectivity index (χ2n) is 6.42. The van der Waals surface area contributed by atoms with Crippen LogP contribution < -0.4 is 15.8 Å². The molecule has 0 unspecified atom stereocenters.